The summed E-state index contributed by atoms with van der Waals surface area (Å²) in [6, 6.07) is 13.3. The smallest absolute Gasteiger partial charge is 0.0696 e. The van der Waals surface area contributed by atoms with Crippen LogP contribution < -0.4 is 0 Å². The molecule has 0 saturated carbocycles. The van der Waals surface area contributed by atoms with Crippen molar-refractivity contribution < 1.29 is 5.11 Å². The van der Waals surface area contributed by atoms with Crippen LogP contribution in [0.2, 0.25) is 0 Å². The lowest BCUT2D eigenvalue weighted by Gasteiger charge is -2.38. The van der Waals surface area contributed by atoms with Gasteiger partial charge in [-0.15, -0.1) is 0 Å². The van der Waals surface area contributed by atoms with Gasteiger partial charge >= 0.3 is 0 Å². The summed E-state index contributed by atoms with van der Waals surface area (Å²) in [5, 5.41) is 19.3. The first-order valence-electron chi connectivity index (χ1n) is 6.67. The average Bonchev–Trinajstić information content (AvgIpc) is 2.65. The van der Waals surface area contributed by atoms with Crippen molar-refractivity contribution in [2.24, 2.45) is 5.92 Å². The van der Waals surface area contributed by atoms with Gasteiger partial charge in [-0.2, -0.15) is 5.26 Å². The van der Waals surface area contributed by atoms with Crippen LogP contribution in [0.3, 0.4) is 0 Å². The number of aliphatic hydroxyl groups excluding tert-OH is 1. The van der Waals surface area contributed by atoms with Crippen molar-refractivity contribution in [3.05, 3.63) is 35.9 Å². The molecule has 0 aromatic heterocycles. The molecule has 4 atom stereocenters. The Hall–Kier alpha value is -1.37. The molecule has 0 spiro atoms. The van der Waals surface area contributed by atoms with Gasteiger partial charge in [0.15, 0.2) is 0 Å². The Morgan fingerprint density at radius 1 is 1.22 bits per heavy atom. The molecule has 2 saturated heterocycles. The standard InChI is InChI=1S/C15H18N2O/c16-9-12-8-14-15(18)7-6-13(12)17(14)10-11-4-2-1-3-5-11/h1-5,12-15,18H,6-8,10H2/t12-,13-,14+,15-/m1/s1. The predicted octanol–water partition coefficient (Wildman–Crippen LogP) is 1.92. The van der Waals surface area contributed by atoms with Crippen molar-refractivity contribution in [3.63, 3.8) is 0 Å². The summed E-state index contributed by atoms with van der Waals surface area (Å²) in [7, 11) is 0. The lowest BCUT2D eigenvalue weighted by atomic mass is 9.97. The van der Waals surface area contributed by atoms with E-state index in [0.29, 0.717) is 6.04 Å². The molecule has 0 unspecified atom stereocenters. The van der Waals surface area contributed by atoms with Crippen LogP contribution in [0.4, 0.5) is 0 Å². The van der Waals surface area contributed by atoms with E-state index in [9.17, 15) is 10.4 Å². The third kappa shape index (κ3) is 1.92. The summed E-state index contributed by atoms with van der Waals surface area (Å²) in [6.45, 7) is 0.853. The van der Waals surface area contributed by atoms with E-state index < -0.39 is 0 Å². The summed E-state index contributed by atoms with van der Waals surface area (Å²) in [6.07, 6.45) is 2.36. The third-order valence-electron chi connectivity index (χ3n) is 4.39. The number of nitriles is 1. The predicted molar refractivity (Wildman–Crippen MR) is 68.5 cm³/mol. The first-order valence-corrected chi connectivity index (χ1v) is 6.67. The Kier molecular flexibility index (Phi) is 3.07. The summed E-state index contributed by atoms with van der Waals surface area (Å²) >= 11 is 0. The molecule has 3 rings (SSSR count). The van der Waals surface area contributed by atoms with Gasteiger partial charge in [0.25, 0.3) is 0 Å². The fourth-order valence-electron chi connectivity index (χ4n) is 3.48. The summed E-state index contributed by atoms with van der Waals surface area (Å²) in [4.78, 5) is 2.34. The lowest BCUT2D eigenvalue weighted by Crippen LogP contribution is -2.47. The first kappa shape index (κ1) is 11.7. The van der Waals surface area contributed by atoms with Crippen molar-refractivity contribution >= 4 is 0 Å². The van der Waals surface area contributed by atoms with Gasteiger partial charge in [0.05, 0.1) is 18.1 Å². The molecule has 0 amide bonds. The van der Waals surface area contributed by atoms with E-state index in [1.165, 1.54) is 5.56 Å². The van der Waals surface area contributed by atoms with E-state index >= 15 is 0 Å². The highest BCUT2D eigenvalue weighted by atomic mass is 16.3. The zero-order chi connectivity index (χ0) is 12.5. The lowest BCUT2D eigenvalue weighted by molar-refractivity contribution is 0.00817. The summed E-state index contributed by atoms with van der Waals surface area (Å²) < 4.78 is 0. The molecular weight excluding hydrogens is 224 g/mol. The second-order valence-electron chi connectivity index (χ2n) is 5.41. The molecule has 0 radical (unpaired) electrons. The number of piperidine rings is 1. The maximum atomic E-state index is 10.1. The van der Waals surface area contributed by atoms with Crippen LogP contribution in [0.15, 0.2) is 30.3 Å². The topological polar surface area (TPSA) is 47.3 Å². The van der Waals surface area contributed by atoms with Crippen LogP contribution in [0.25, 0.3) is 0 Å². The van der Waals surface area contributed by atoms with Gasteiger partial charge in [-0.05, 0) is 24.8 Å². The molecule has 1 N–H and O–H groups in total. The number of fused-ring (bicyclic) bond motifs is 2. The van der Waals surface area contributed by atoms with Gasteiger partial charge in [-0.3, -0.25) is 4.90 Å². The zero-order valence-electron chi connectivity index (χ0n) is 10.4. The minimum absolute atomic E-state index is 0.0934. The minimum atomic E-state index is -0.261. The third-order valence-corrected chi connectivity index (χ3v) is 4.39. The number of rotatable bonds is 2. The van der Waals surface area contributed by atoms with Crippen LogP contribution in [0.1, 0.15) is 24.8 Å². The normalized spacial score (nSPS) is 35.3. The Morgan fingerprint density at radius 2 is 2.00 bits per heavy atom. The molecule has 18 heavy (non-hydrogen) atoms. The van der Waals surface area contributed by atoms with Gasteiger partial charge in [0.1, 0.15) is 0 Å². The van der Waals surface area contributed by atoms with Crippen molar-refractivity contribution in [3.8, 4) is 6.07 Å². The minimum Gasteiger partial charge on any atom is -0.391 e. The maximum absolute atomic E-state index is 10.1. The van der Waals surface area contributed by atoms with Gasteiger partial charge in [-0.1, -0.05) is 30.3 Å². The summed E-state index contributed by atoms with van der Waals surface area (Å²) in [5.74, 6) is 0.0934. The fourth-order valence-corrected chi connectivity index (χ4v) is 3.48. The Labute approximate surface area is 108 Å². The van der Waals surface area contributed by atoms with Gasteiger partial charge in [0, 0.05) is 18.6 Å². The highest BCUT2D eigenvalue weighted by Gasteiger charge is 2.47. The zero-order valence-corrected chi connectivity index (χ0v) is 10.4. The van der Waals surface area contributed by atoms with E-state index in [2.05, 4.69) is 23.1 Å². The Morgan fingerprint density at radius 3 is 2.72 bits per heavy atom. The first-order chi connectivity index (χ1) is 8.79. The monoisotopic (exact) mass is 242 g/mol. The number of hydrogen-bond donors (Lipinski definition) is 1. The molecule has 3 heteroatoms. The van der Waals surface area contributed by atoms with Crippen LogP contribution in [-0.2, 0) is 6.54 Å². The molecule has 0 aliphatic carbocycles. The molecule has 2 fully saturated rings. The van der Waals surface area contributed by atoms with Crippen LogP contribution >= 0.6 is 0 Å². The summed E-state index contributed by atoms with van der Waals surface area (Å²) in [5.41, 5.74) is 1.26. The fraction of sp³-hybridized carbons (Fsp3) is 0.533. The number of aliphatic hydroxyl groups is 1. The van der Waals surface area contributed by atoms with Crippen LogP contribution in [-0.4, -0.2) is 28.2 Å². The number of hydrogen-bond acceptors (Lipinski definition) is 3. The van der Waals surface area contributed by atoms with E-state index in [1.54, 1.807) is 0 Å². The quantitative estimate of drug-likeness (QED) is 0.862. The van der Waals surface area contributed by atoms with Crippen LogP contribution in [0.5, 0.6) is 0 Å². The highest BCUT2D eigenvalue weighted by Crippen LogP contribution is 2.40. The molecule has 94 valence electrons. The molecule has 2 aliphatic rings. The number of nitrogens with zero attached hydrogens (tertiary/aromatic N) is 2. The van der Waals surface area contributed by atoms with Gasteiger partial charge in [0.2, 0.25) is 0 Å². The van der Waals surface area contributed by atoms with E-state index in [-0.39, 0.29) is 18.1 Å². The Balaban J connectivity index is 1.81. The SMILES string of the molecule is N#C[C@H]1C[C@H]2[C@H](O)CC[C@H]1N2Cc1ccccc1. The van der Waals surface area contributed by atoms with E-state index in [0.717, 1.165) is 25.8 Å². The molecular formula is C15H18N2O. The number of benzene rings is 1. The van der Waals surface area contributed by atoms with Gasteiger partial charge in [-0.25, -0.2) is 0 Å². The Bertz CT molecular complexity index is 453. The molecule has 1 aromatic carbocycles. The van der Waals surface area contributed by atoms with Crippen LogP contribution in [0, 0.1) is 17.2 Å². The van der Waals surface area contributed by atoms with Crippen molar-refractivity contribution in [1.82, 2.24) is 4.90 Å². The van der Waals surface area contributed by atoms with Crippen molar-refractivity contribution in [1.29, 1.82) is 5.26 Å². The van der Waals surface area contributed by atoms with E-state index in [1.807, 2.05) is 18.2 Å². The molecule has 1 aromatic rings. The molecule has 2 bridgehead atoms. The van der Waals surface area contributed by atoms with Crippen molar-refractivity contribution in [2.75, 3.05) is 0 Å². The highest BCUT2D eigenvalue weighted by molar-refractivity contribution is 5.17. The molecule has 2 heterocycles. The van der Waals surface area contributed by atoms with Gasteiger partial charge < -0.3 is 5.11 Å². The second-order valence-corrected chi connectivity index (χ2v) is 5.41. The van der Waals surface area contributed by atoms with Crippen molar-refractivity contribution in [2.45, 2.75) is 44.0 Å². The average molecular weight is 242 g/mol. The second kappa shape index (κ2) is 4.72. The largest absolute Gasteiger partial charge is 0.391 e. The van der Waals surface area contributed by atoms with E-state index in [4.69, 9.17) is 0 Å². The molecule has 2 aliphatic heterocycles. The molecule has 3 nitrogen and oxygen atoms in total. The maximum Gasteiger partial charge on any atom is 0.0696 e.